The van der Waals surface area contributed by atoms with Crippen LogP contribution in [0.4, 0.5) is 4.79 Å². The highest BCUT2D eigenvalue weighted by atomic mass is 32.2. The third kappa shape index (κ3) is 6.63. The number of carbonyl (C=O) groups is 2. The molecule has 140 valence electrons. The van der Waals surface area contributed by atoms with Crippen LogP contribution in [0.1, 0.15) is 20.8 Å². The van der Waals surface area contributed by atoms with Gasteiger partial charge in [-0.3, -0.25) is 10.1 Å². The average molecular weight is 389 g/mol. The molecule has 1 atom stereocenters. The maximum atomic E-state index is 12.0. The fourth-order valence-electron chi connectivity index (χ4n) is 1.59. The maximum absolute atomic E-state index is 12.0. The van der Waals surface area contributed by atoms with E-state index in [0.717, 1.165) is 16.1 Å². The molecular weight excluding hydrogens is 364 g/mol. The van der Waals surface area contributed by atoms with Gasteiger partial charge >= 0.3 is 6.03 Å². The number of pyridine rings is 1. The lowest BCUT2D eigenvalue weighted by molar-refractivity contribution is -0.119. The number of rotatable bonds is 7. The number of hydrogen-bond donors (Lipinski definition) is 2. The van der Waals surface area contributed by atoms with Gasteiger partial charge in [-0.05, 0) is 25.0 Å². The third-order valence-corrected chi connectivity index (χ3v) is 5.91. The van der Waals surface area contributed by atoms with Gasteiger partial charge in [0.2, 0.25) is 15.9 Å². The second kappa shape index (κ2) is 9.16. The van der Waals surface area contributed by atoms with E-state index in [0.29, 0.717) is 11.6 Å². The number of urea groups is 1. The van der Waals surface area contributed by atoms with Gasteiger partial charge in [-0.15, -0.1) is 0 Å². The van der Waals surface area contributed by atoms with Crippen molar-refractivity contribution in [2.45, 2.75) is 35.9 Å². The Morgan fingerprint density at radius 3 is 2.36 bits per heavy atom. The van der Waals surface area contributed by atoms with Crippen LogP contribution in [0.3, 0.4) is 0 Å². The third-order valence-electron chi connectivity index (χ3n) is 3.06. The summed E-state index contributed by atoms with van der Waals surface area (Å²) in [4.78, 5) is 27.7. The molecule has 2 N–H and O–H groups in total. The summed E-state index contributed by atoms with van der Waals surface area (Å²) in [6.45, 7) is 6.02. The van der Waals surface area contributed by atoms with E-state index in [2.05, 4.69) is 15.6 Å². The highest BCUT2D eigenvalue weighted by Crippen LogP contribution is 2.22. The molecule has 1 rings (SSSR count). The summed E-state index contributed by atoms with van der Waals surface area (Å²) in [7, 11) is -0.660. The van der Waals surface area contributed by atoms with Gasteiger partial charge in [0.15, 0.2) is 0 Å². The zero-order chi connectivity index (χ0) is 19.2. The highest BCUT2D eigenvalue weighted by Gasteiger charge is 2.20. The van der Waals surface area contributed by atoms with Gasteiger partial charge in [0.1, 0.15) is 4.90 Å². The molecule has 8 nitrogen and oxygen atoms in total. The van der Waals surface area contributed by atoms with Crippen molar-refractivity contribution in [1.29, 1.82) is 0 Å². The van der Waals surface area contributed by atoms with Crippen LogP contribution in [0.25, 0.3) is 0 Å². The molecule has 1 aromatic heterocycles. The molecule has 10 heteroatoms. The van der Waals surface area contributed by atoms with E-state index in [9.17, 15) is 18.0 Å². The molecule has 0 aliphatic carbocycles. The summed E-state index contributed by atoms with van der Waals surface area (Å²) in [5, 5.41) is 4.79. The van der Waals surface area contributed by atoms with Crippen LogP contribution < -0.4 is 10.6 Å². The molecule has 0 bridgehead atoms. The van der Waals surface area contributed by atoms with Gasteiger partial charge in [-0.2, -0.15) is 0 Å². The topological polar surface area (TPSA) is 108 Å². The fraction of sp³-hybridized carbons (Fsp3) is 0.533. The van der Waals surface area contributed by atoms with E-state index < -0.39 is 27.2 Å². The molecule has 0 fully saturated rings. The Kier molecular flexibility index (Phi) is 7.84. The minimum absolute atomic E-state index is 0.0759. The molecule has 0 saturated carbocycles. The molecule has 0 spiro atoms. The lowest BCUT2D eigenvalue weighted by Gasteiger charge is -2.13. The largest absolute Gasteiger partial charge is 0.338 e. The number of amides is 3. The lowest BCUT2D eigenvalue weighted by atomic mass is 10.2. The van der Waals surface area contributed by atoms with E-state index in [-0.39, 0.29) is 10.8 Å². The summed E-state index contributed by atoms with van der Waals surface area (Å²) in [5.74, 6) is -0.160. The number of sulfonamides is 1. The van der Waals surface area contributed by atoms with E-state index in [4.69, 9.17) is 0 Å². The number of hydrogen-bond acceptors (Lipinski definition) is 6. The predicted molar refractivity (Wildman–Crippen MR) is 96.8 cm³/mol. The summed E-state index contributed by atoms with van der Waals surface area (Å²) in [5.41, 5.74) is 0. The lowest BCUT2D eigenvalue weighted by Crippen LogP contribution is -2.43. The monoisotopic (exact) mass is 388 g/mol. The number of imide groups is 1. The quantitative estimate of drug-likeness (QED) is 0.682. The Morgan fingerprint density at radius 2 is 1.88 bits per heavy atom. The van der Waals surface area contributed by atoms with Gasteiger partial charge in [0.25, 0.3) is 0 Å². The van der Waals surface area contributed by atoms with Gasteiger partial charge < -0.3 is 5.32 Å². The molecule has 0 aliphatic rings. The summed E-state index contributed by atoms with van der Waals surface area (Å²) >= 11 is 1.13. The molecule has 0 aliphatic heterocycles. The second-order valence-electron chi connectivity index (χ2n) is 5.97. The van der Waals surface area contributed by atoms with Crippen molar-refractivity contribution in [3.05, 3.63) is 18.3 Å². The minimum atomic E-state index is -3.54. The minimum Gasteiger partial charge on any atom is -0.338 e. The number of nitrogens with one attached hydrogen (secondary N) is 2. The van der Waals surface area contributed by atoms with Crippen LogP contribution in [0.2, 0.25) is 0 Å². The first-order valence-corrected chi connectivity index (χ1v) is 10.00. The predicted octanol–water partition coefficient (Wildman–Crippen LogP) is 1.29. The van der Waals surface area contributed by atoms with Crippen LogP contribution >= 0.6 is 11.8 Å². The van der Waals surface area contributed by atoms with Crippen molar-refractivity contribution in [3.8, 4) is 0 Å². The summed E-state index contributed by atoms with van der Waals surface area (Å²) in [6, 6.07) is 2.43. The molecule has 1 unspecified atom stereocenters. The van der Waals surface area contributed by atoms with Crippen molar-refractivity contribution >= 4 is 33.7 Å². The van der Waals surface area contributed by atoms with Gasteiger partial charge in [-0.1, -0.05) is 25.6 Å². The van der Waals surface area contributed by atoms with Gasteiger partial charge in [0.05, 0.1) is 10.3 Å². The number of nitrogens with zero attached hydrogens (tertiary/aromatic N) is 2. The Labute approximate surface area is 152 Å². The Bertz CT molecular complexity index is 703. The first kappa shape index (κ1) is 21.4. The number of aromatic nitrogens is 1. The number of thioether (sulfide) groups is 1. The Balaban J connectivity index is 2.64. The molecule has 1 heterocycles. The SMILES string of the molecule is CC(C)CNC(=O)NC(=O)C(C)Sc1ccc(S(=O)(=O)N(C)C)cn1. The zero-order valence-corrected chi connectivity index (χ0v) is 16.6. The van der Waals surface area contributed by atoms with Crippen LogP contribution in [-0.4, -0.2) is 55.5 Å². The summed E-state index contributed by atoms with van der Waals surface area (Å²) in [6.07, 6.45) is 1.25. The van der Waals surface area contributed by atoms with E-state index in [1.54, 1.807) is 6.92 Å². The van der Waals surface area contributed by atoms with Crippen LogP contribution in [0.15, 0.2) is 28.3 Å². The van der Waals surface area contributed by atoms with E-state index >= 15 is 0 Å². The molecule has 0 radical (unpaired) electrons. The van der Waals surface area contributed by atoms with Crippen molar-refractivity contribution in [3.63, 3.8) is 0 Å². The van der Waals surface area contributed by atoms with Gasteiger partial charge in [0, 0.05) is 26.8 Å². The standard InChI is InChI=1S/C15H24N4O4S2/c1-10(2)8-17-15(21)18-14(20)11(3)24-13-7-6-12(9-16-13)25(22,23)19(4)5/h6-7,9-11H,8H2,1-5H3,(H2,17,18,20,21). The molecule has 0 saturated heterocycles. The van der Waals surface area contributed by atoms with Gasteiger partial charge in [-0.25, -0.2) is 22.5 Å². The van der Waals surface area contributed by atoms with Crippen LogP contribution in [-0.2, 0) is 14.8 Å². The van der Waals surface area contributed by atoms with Crippen LogP contribution in [0, 0.1) is 5.92 Å². The molecule has 3 amide bonds. The van der Waals surface area contributed by atoms with E-state index in [1.165, 1.54) is 32.4 Å². The maximum Gasteiger partial charge on any atom is 0.321 e. The van der Waals surface area contributed by atoms with Crippen LogP contribution in [0.5, 0.6) is 0 Å². The number of carbonyl (C=O) groups excluding carboxylic acids is 2. The van der Waals surface area contributed by atoms with E-state index in [1.807, 2.05) is 13.8 Å². The smallest absolute Gasteiger partial charge is 0.321 e. The molecule has 0 aromatic carbocycles. The Morgan fingerprint density at radius 1 is 1.24 bits per heavy atom. The Hall–Kier alpha value is -1.65. The second-order valence-corrected chi connectivity index (χ2v) is 9.49. The molecule has 25 heavy (non-hydrogen) atoms. The first-order valence-electron chi connectivity index (χ1n) is 7.68. The first-order chi connectivity index (χ1) is 11.5. The van der Waals surface area contributed by atoms with Crippen molar-refractivity contribution in [2.24, 2.45) is 5.92 Å². The van der Waals surface area contributed by atoms with Crippen molar-refractivity contribution in [2.75, 3.05) is 20.6 Å². The zero-order valence-electron chi connectivity index (χ0n) is 14.9. The average Bonchev–Trinajstić information content (AvgIpc) is 2.53. The van der Waals surface area contributed by atoms with Crippen molar-refractivity contribution < 1.29 is 18.0 Å². The molecule has 1 aromatic rings. The molecular formula is C15H24N4O4S2. The fourth-order valence-corrected chi connectivity index (χ4v) is 3.22. The summed E-state index contributed by atoms with van der Waals surface area (Å²) < 4.78 is 25.0. The highest BCUT2D eigenvalue weighted by molar-refractivity contribution is 8.00. The van der Waals surface area contributed by atoms with Crippen molar-refractivity contribution in [1.82, 2.24) is 19.9 Å². The normalized spacial score (nSPS) is 12.9.